The Labute approximate surface area is 243 Å². The Morgan fingerprint density at radius 2 is 1.51 bits per heavy atom. The Balaban J connectivity index is 1.72. The number of aliphatic carboxylic acids is 1. The number of nitrogens with zero attached hydrogens (tertiary/aromatic N) is 1. The van der Waals surface area contributed by atoms with Crippen LogP contribution in [0.5, 0.6) is 0 Å². The Kier molecular flexibility index (Phi) is 10.1. The van der Waals surface area contributed by atoms with Gasteiger partial charge in [0.05, 0.1) is 0 Å². The van der Waals surface area contributed by atoms with Crippen molar-refractivity contribution in [3.63, 3.8) is 0 Å². The van der Waals surface area contributed by atoms with Crippen LogP contribution in [0.25, 0.3) is 11.1 Å². The van der Waals surface area contributed by atoms with Gasteiger partial charge in [-0.05, 0) is 89.6 Å². The van der Waals surface area contributed by atoms with Gasteiger partial charge in [-0.25, -0.2) is 13.6 Å². The van der Waals surface area contributed by atoms with Crippen LogP contribution in [0.1, 0.15) is 33.5 Å². The number of carbonyl (C=O) groups is 2. The molecule has 1 amide bonds. The number of nitrogens with one attached hydrogen (secondary N) is 1. The Bertz CT molecular complexity index is 1490. The van der Waals surface area contributed by atoms with Gasteiger partial charge in [0.2, 0.25) is 0 Å². The number of thioether (sulfide) groups is 1. The van der Waals surface area contributed by atoms with E-state index in [0.29, 0.717) is 35.4 Å². The molecule has 0 radical (unpaired) electrons. The number of hydrogen-bond donors (Lipinski definition) is 2. The van der Waals surface area contributed by atoms with Gasteiger partial charge in [-0.3, -0.25) is 4.79 Å². The summed E-state index contributed by atoms with van der Waals surface area (Å²) in [5.41, 5.74) is 5.10. The topological polar surface area (TPSA) is 69.6 Å². The van der Waals surface area contributed by atoms with Crippen molar-refractivity contribution in [2.45, 2.75) is 32.5 Å². The van der Waals surface area contributed by atoms with Crippen LogP contribution in [0.2, 0.25) is 0 Å². The lowest BCUT2D eigenvalue weighted by atomic mass is 9.93. The van der Waals surface area contributed by atoms with Gasteiger partial charge >= 0.3 is 5.97 Å². The highest BCUT2D eigenvalue weighted by Crippen LogP contribution is 2.30. The summed E-state index contributed by atoms with van der Waals surface area (Å²) in [6.45, 7) is 2.61. The maximum absolute atomic E-state index is 14.0. The summed E-state index contributed by atoms with van der Waals surface area (Å²) in [5.74, 6) is -2.21. The molecule has 4 aromatic rings. The molecular weight excluding hydrogens is 542 g/mol. The Morgan fingerprint density at radius 1 is 0.854 bits per heavy atom. The molecule has 0 aliphatic heterocycles. The molecule has 0 spiro atoms. The normalized spacial score (nSPS) is 11.6. The third kappa shape index (κ3) is 7.95. The monoisotopic (exact) mass is 574 g/mol. The number of rotatable bonds is 12. The van der Waals surface area contributed by atoms with Gasteiger partial charge in [-0.15, -0.1) is 0 Å². The number of para-hydroxylation sites is 1. The van der Waals surface area contributed by atoms with Gasteiger partial charge < -0.3 is 15.3 Å². The zero-order chi connectivity index (χ0) is 29.4. The minimum Gasteiger partial charge on any atom is -0.480 e. The fourth-order valence-corrected chi connectivity index (χ4v) is 5.21. The number of benzene rings is 4. The van der Waals surface area contributed by atoms with Crippen molar-refractivity contribution >= 4 is 29.3 Å². The second kappa shape index (κ2) is 13.9. The molecule has 4 aromatic carbocycles. The first-order chi connectivity index (χ1) is 19.7. The number of carbonyl (C=O) groups excluding carboxylic acids is 1. The second-order valence-electron chi connectivity index (χ2n) is 9.81. The van der Waals surface area contributed by atoms with E-state index in [0.717, 1.165) is 28.4 Å². The zero-order valence-electron chi connectivity index (χ0n) is 22.9. The number of anilines is 1. The lowest BCUT2D eigenvalue weighted by Crippen LogP contribution is -2.41. The molecule has 0 saturated carbocycles. The van der Waals surface area contributed by atoms with Gasteiger partial charge in [-0.1, -0.05) is 48.5 Å². The lowest BCUT2D eigenvalue weighted by molar-refractivity contribution is -0.139. The van der Waals surface area contributed by atoms with Crippen molar-refractivity contribution in [3.8, 4) is 11.1 Å². The predicted molar refractivity (Wildman–Crippen MR) is 161 cm³/mol. The predicted octanol–water partition coefficient (Wildman–Crippen LogP) is 7.08. The van der Waals surface area contributed by atoms with Gasteiger partial charge in [0.15, 0.2) is 0 Å². The molecule has 0 aliphatic carbocycles. The Morgan fingerprint density at radius 3 is 2.17 bits per heavy atom. The molecule has 41 heavy (non-hydrogen) atoms. The molecule has 8 heteroatoms. The Hall–Kier alpha value is -4.17. The highest BCUT2D eigenvalue weighted by atomic mass is 32.2. The molecule has 2 N–H and O–H groups in total. The molecule has 0 heterocycles. The maximum Gasteiger partial charge on any atom is 0.326 e. The molecule has 0 saturated heterocycles. The van der Waals surface area contributed by atoms with E-state index in [1.165, 1.54) is 23.9 Å². The maximum atomic E-state index is 14.0. The SMILES string of the molecule is CSCC[C@H](NC(=O)c1ccc(CN(Cc2cc(F)cc(F)c2)c2ccccc2)cc1-c1ccccc1C)C(=O)O. The fourth-order valence-electron chi connectivity index (χ4n) is 4.74. The van der Waals surface area contributed by atoms with Crippen LogP contribution in [-0.4, -0.2) is 35.0 Å². The van der Waals surface area contributed by atoms with E-state index < -0.39 is 29.6 Å². The standard InChI is InChI=1S/C33H32F2N2O3S/c1-22-8-6-7-11-28(22)30-18-23(12-13-29(30)32(38)36-31(33(39)40)14-15-41-2)20-37(27-9-4-3-5-10-27)21-24-16-25(34)19-26(35)17-24/h3-13,16-19,31H,14-15,20-21H2,1-2H3,(H,36,38)(H,39,40)/t31-/m0/s1. The van der Waals surface area contributed by atoms with Crippen LogP contribution in [0.15, 0.2) is 91.0 Å². The van der Waals surface area contributed by atoms with Crippen molar-refractivity contribution in [3.05, 3.63) is 125 Å². The van der Waals surface area contributed by atoms with E-state index in [4.69, 9.17) is 0 Å². The average Bonchev–Trinajstić information content (AvgIpc) is 2.95. The van der Waals surface area contributed by atoms with Crippen molar-refractivity contribution in [2.24, 2.45) is 0 Å². The first-order valence-corrected chi connectivity index (χ1v) is 14.6. The van der Waals surface area contributed by atoms with Gasteiger partial charge in [0, 0.05) is 30.4 Å². The molecule has 212 valence electrons. The fraction of sp³-hybridized carbons (Fsp3) is 0.212. The highest BCUT2D eigenvalue weighted by molar-refractivity contribution is 7.98. The molecule has 5 nitrogen and oxygen atoms in total. The van der Waals surface area contributed by atoms with Crippen molar-refractivity contribution < 1.29 is 23.5 Å². The number of carboxylic acid groups (broad SMARTS) is 1. The van der Waals surface area contributed by atoms with Crippen LogP contribution >= 0.6 is 11.8 Å². The van der Waals surface area contributed by atoms with Crippen molar-refractivity contribution in [1.82, 2.24) is 5.32 Å². The van der Waals surface area contributed by atoms with Crippen LogP contribution in [0.4, 0.5) is 14.5 Å². The quantitative estimate of drug-likeness (QED) is 0.189. The molecule has 0 fully saturated rings. The van der Waals surface area contributed by atoms with E-state index in [1.54, 1.807) is 6.07 Å². The van der Waals surface area contributed by atoms with Crippen LogP contribution in [0, 0.1) is 18.6 Å². The third-order valence-corrected chi connectivity index (χ3v) is 7.41. The molecule has 0 aliphatic rings. The van der Waals surface area contributed by atoms with Crippen molar-refractivity contribution in [1.29, 1.82) is 0 Å². The lowest BCUT2D eigenvalue weighted by Gasteiger charge is -2.26. The number of carboxylic acids is 1. The molecule has 4 rings (SSSR count). The van der Waals surface area contributed by atoms with Gasteiger partial charge in [-0.2, -0.15) is 11.8 Å². The number of hydrogen-bond acceptors (Lipinski definition) is 4. The smallest absolute Gasteiger partial charge is 0.326 e. The number of amides is 1. The zero-order valence-corrected chi connectivity index (χ0v) is 23.8. The minimum atomic E-state index is -1.08. The third-order valence-electron chi connectivity index (χ3n) is 6.77. The van der Waals surface area contributed by atoms with E-state index in [2.05, 4.69) is 5.32 Å². The number of halogens is 2. The molecule has 0 bridgehead atoms. The summed E-state index contributed by atoms with van der Waals surface area (Å²) in [4.78, 5) is 27.2. The van der Waals surface area contributed by atoms with Crippen molar-refractivity contribution in [2.75, 3.05) is 16.9 Å². The highest BCUT2D eigenvalue weighted by Gasteiger charge is 2.23. The van der Waals surface area contributed by atoms with E-state index >= 15 is 0 Å². The largest absolute Gasteiger partial charge is 0.480 e. The van der Waals surface area contributed by atoms with E-state index in [-0.39, 0.29) is 6.54 Å². The van der Waals surface area contributed by atoms with Crippen LogP contribution in [-0.2, 0) is 17.9 Å². The van der Waals surface area contributed by atoms with Crippen LogP contribution < -0.4 is 10.2 Å². The first kappa shape index (κ1) is 29.8. The number of aryl methyl sites for hydroxylation is 1. The summed E-state index contributed by atoms with van der Waals surface area (Å²) in [6, 6.07) is 25.2. The molecular formula is C33H32F2N2O3S. The molecule has 0 unspecified atom stereocenters. The van der Waals surface area contributed by atoms with Gasteiger partial charge in [0.1, 0.15) is 17.7 Å². The van der Waals surface area contributed by atoms with Crippen LogP contribution in [0.3, 0.4) is 0 Å². The summed E-state index contributed by atoms with van der Waals surface area (Å²) < 4.78 is 28.0. The molecule has 1 atom stereocenters. The van der Waals surface area contributed by atoms with Gasteiger partial charge in [0.25, 0.3) is 5.91 Å². The molecule has 0 aromatic heterocycles. The average molecular weight is 575 g/mol. The summed E-state index contributed by atoms with van der Waals surface area (Å²) in [6.07, 6.45) is 2.20. The summed E-state index contributed by atoms with van der Waals surface area (Å²) in [7, 11) is 0. The minimum absolute atomic E-state index is 0.260. The van der Waals surface area contributed by atoms with E-state index in [1.807, 2.05) is 84.8 Å². The summed E-state index contributed by atoms with van der Waals surface area (Å²) >= 11 is 1.52. The first-order valence-electron chi connectivity index (χ1n) is 13.2. The van der Waals surface area contributed by atoms with E-state index in [9.17, 15) is 23.5 Å². The summed E-state index contributed by atoms with van der Waals surface area (Å²) in [5, 5.41) is 12.3. The second-order valence-corrected chi connectivity index (χ2v) is 10.8.